The number of nitrogens with two attached hydrogens (primary N) is 1. The Labute approximate surface area is 397 Å². The Morgan fingerprint density at radius 3 is 2.17 bits per heavy atom. The molecule has 21 nitrogen and oxygen atoms in total. The third-order valence-corrected chi connectivity index (χ3v) is 16.1. The Hall–Kier alpha value is -4.87. The maximum atomic E-state index is 16.8. The molecule has 10 atom stereocenters. The fourth-order valence-corrected chi connectivity index (χ4v) is 12.2. The first-order valence-corrected chi connectivity index (χ1v) is 26.9. The van der Waals surface area contributed by atoms with Crippen molar-refractivity contribution in [2.45, 2.75) is 113 Å². The molecular weight excluding hydrogens is 971 g/mol. The third-order valence-electron chi connectivity index (χ3n) is 11.5. The van der Waals surface area contributed by atoms with Gasteiger partial charge in [0, 0.05) is 18.0 Å². The van der Waals surface area contributed by atoms with Gasteiger partial charge in [0.05, 0.1) is 31.7 Å². The van der Waals surface area contributed by atoms with Crippen molar-refractivity contribution in [1.29, 1.82) is 0 Å². The van der Waals surface area contributed by atoms with E-state index in [9.17, 15) is 28.4 Å². The van der Waals surface area contributed by atoms with E-state index in [1.54, 1.807) is 36.4 Å². The summed E-state index contributed by atoms with van der Waals surface area (Å²) < 4.78 is 109. The summed E-state index contributed by atoms with van der Waals surface area (Å²) in [6.07, 6.45) is -2.26. The van der Waals surface area contributed by atoms with Gasteiger partial charge in [-0.1, -0.05) is 64.0 Å². The van der Waals surface area contributed by atoms with Crippen molar-refractivity contribution in [2.75, 3.05) is 25.6 Å². The highest BCUT2D eigenvalue weighted by Crippen LogP contribution is 2.65. The molecule has 5 aromatic rings. The molecule has 0 radical (unpaired) electrons. The normalized spacial score (nSPS) is 28.3. The van der Waals surface area contributed by atoms with Crippen LogP contribution in [0.1, 0.15) is 86.7 Å². The molecule has 3 fully saturated rings. The average Bonchev–Trinajstić information content (AvgIpc) is 3.99. The molecule has 6 heterocycles. The molecule has 0 bridgehead atoms. The van der Waals surface area contributed by atoms with Gasteiger partial charge >= 0.3 is 26.3 Å². The summed E-state index contributed by atoms with van der Waals surface area (Å²) in [4.78, 5) is 62.3. The number of unbranched alkanes of at least 4 members (excludes halogenated alkanes) is 7. The number of anilines is 1. The summed E-state index contributed by atoms with van der Waals surface area (Å²) in [5, 5.41) is 0. The fraction of sp³-hybridized carbons (Fsp3) is 0.488. The standard InChI is InChI=1S/C43H51F2N7O14P2S/c1-2-3-4-5-6-7-8-9-20-59-28-16-12-27(13-17-28)42(54)62-29-14-10-26(11-15-29)23-69-68(58)61-22-31-36(33(44)40(63-31)51-19-18-32(53)50-43(51)55)65-67(56,57)60-21-30-37(66-68)34(45)41(64-30)52-25-49-35-38(46)47-24-48-39(35)52/h10-19,24-25,30-31,33-34,36-37,40-41H,2-9,20-23H2,1H3,(H,56,57)(H2,46,47,48)(H,50,53,55)/t30-,31-,33-,34-,36-,37-,40-,41-,68?/m1/s1. The molecule has 2 unspecified atom stereocenters. The Morgan fingerprint density at radius 1 is 0.841 bits per heavy atom. The molecule has 69 heavy (non-hydrogen) atoms. The lowest BCUT2D eigenvalue weighted by Crippen LogP contribution is -2.38. The summed E-state index contributed by atoms with van der Waals surface area (Å²) in [5.74, 6) is 0.111. The van der Waals surface area contributed by atoms with E-state index in [0.717, 1.165) is 31.4 Å². The first-order chi connectivity index (χ1) is 33.2. The van der Waals surface area contributed by atoms with E-state index < -0.39 is 94.3 Å². The summed E-state index contributed by atoms with van der Waals surface area (Å²) in [5.41, 5.74) is 5.08. The summed E-state index contributed by atoms with van der Waals surface area (Å²) in [6.45, 7) is -3.62. The number of aromatic nitrogens is 6. The second kappa shape index (κ2) is 22.5. The minimum Gasteiger partial charge on any atom is -0.494 e. The number of alkyl halides is 2. The summed E-state index contributed by atoms with van der Waals surface area (Å²) in [6, 6.07) is 13.8. The molecule has 3 aliphatic heterocycles. The van der Waals surface area contributed by atoms with Gasteiger partial charge in [-0.25, -0.2) is 42.5 Å². The molecule has 8 rings (SSSR count). The number of nitrogens with zero attached hydrogens (tertiary/aromatic N) is 5. The second-order valence-electron chi connectivity index (χ2n) is 16.4. The number of imidazole rings is 1. The van der Waals surface area contributed by atoms with Crippen molar-refractivity contribution in [2.24, 2.45) is 0 Å². The van der Waals surface area contributed by atoms with E-state index in [1.807, 2.05) is 4.98 Å². The van der Waals surface area contributed by atoms with Gasteiger partial charge in [0.2, 0.25) is 0 Å². The van der Waals surface area contributed by atoms with Crippen molar-refractivity contribution in [1.82, 2.24) is 29.1 Å². The lowest BCUT2D eigenvalue weighted by Gasteiger charge is -2.29. The monoisotopic (exact) mass is 1020 g/mol. The lowest BCUT2D eigenvalue weighted by molar-refractivity contribution is -0.0616. The summed E-state index contributed by atoms with van der Waals surface area (Å²) >= 11 is 0.607. The number of H-pyrrole nitrogens is 1. The number of rotatable bonds is 17. The van der Waals surface area contributed by atoms with Gasteiger partial charge in [0.25, 0.3) is 5.56 Å². The number of carbonyl (C=O) groups is 1. The van der Waals surface area contributed by atoms with Gasteiger partial charge in [-0.05, 0) is 59.8 Å². The second-order valence-corrected chi connectivity index (χ2v) is 21.9. The first-order valence-electron chi connectivity index (χ1n) is 22.3. The highest BCUT2D eigenvalue weighted by atomic mass is 32.7. The van der Waals surface area contributed by atoms with E-state index in [4.69, 9.17) is 42.8 Å². The quantitative estimate of drug-likeness (QED) is 0.0362. The number of hydrogen-bond donors (Lipinski definition) is 3. The number of ether oxygens (including phenoxy) is 4. The van der Waals surface area contributed by atoms with E-state index in [0.29, 0.717) is 39.4 Å². The number of phosphoric acid groups is 1. The largest absolute Gasteiger partial charge is 0.494 e. The highest BCUT2D eigenvalue weighted by Gasteiger charge is 2.55. The number of carbonyl (C=O) groups excluding carboxylic acids is 1. The summed E-state index contributed by atoms with van der Waals surface area (Å²) in [7, 11) is -5.25. The number of phosphoric ester groups is 1. The first kappa shape index (κ1) is 50.5. The molecule has 0 amide bonds. The molecule has 3 saturated heterocycles. The molecule has 372 valence electrons. The van der Waals surface area contributed by atoms with Gasteiger partial charge in [0.1, 0.15) is 47.8 Å². The zero-order valence-corrected chi connectivity index (χ0v) is 39.8. The molecule has 0 spiro atoms. The predicted molar refractivity (Wildman–Crippen MR) is 245 cm³/mol. The van der Waals surface area contributed by atoms with Crippen LogP contribution in [-0.2, 0) is 42.5 Å². The number of nitrogens with one attached hydrogen (secondary N) is 1. The topological polar surface area (TPSA) is 270 Å². The van der Waals surface area contributed by atoms with Gasteiger partial charge in [-0.3, -0.25) is 37.0 Å². The molecule has 0 aliphatic carbocycles. The number of nitrogen functional groups attached to an aromatic ring is 1. The smallest absolute Gasteiger partial charge is 0.472 e. The van der Waals surface area contributed by atoms with Crippen LogP contribution < -0.4 is 26.5 Å². The van der Waals surface area contributed by atoms with E-state index in [2.05, 4.69) is 21.9 Å². The van der Waals surface area contributed by atoms with Crippen LogP contribution in [0.3, 0.4) is 0 Å². The zero-order chi connectivity index (χ0) is 48.7. The molecular formula is C43H51F2N7O14P2S. The SMILES string of the molecule is CCCCCCCCCCOc1ccc(C(=O)Oc2ccc(CSP3(=O)OC[C@H]4O[C@@H](n5ccc(=O)[nH]c5=O)[C@H](F)[C@@H]4OP(=O)(O)OC[C@H]4O[C@@H](n5cnc6c(N)ncnc65)[C@H](F)[C@@H]4O3)cc2)cc1. The van der Waals surface area contributed by atoms with E-state index >= 15 is 8.78 Å². The molecule has 3 aliphatic rings. The Bertz CT molecular complexity index is 2770. The molecule has 0 saturated carbocycles. The van der Waals surface area contributed by atoms with Crippen LogP contribution in [0.2, 0.25) is 0 Å². The number of hydrogen-bond acceptors (Lipinski definition) is 18. The number of halogens is 2. The Kier molecular flexibility index (Phi) is 16.5. The van der Waals surface area contributed by atoms with E-state index in [1.165, 1.54) is 61.6 Å². The maximum absolute atomic E-state index is 16.8. The minimum absolute atomic E-state index is 0.0106. The molecule has 3 aromatic heterocycles. The van der Waals surface area contributed by atoms with Crippen LogP contribution >= 0.6 is 26.0 Å². The highest BCUT2D eigenvalue weighted by molar-refractivity contribution is 8.54. The Morgan fingerprint density at radius 2 is 1.48 bits per heavy atom. The fourth-order valence-electron chi connectivity index (χ4n) is 7.89. The van der Waals surface area contributed by atoms with Crippen molar-refractivity contribution in [3.63, 3.8) is 0 Å². The molecule has 4 N–H and O–H groups in total. The van der Waals surface area contributed by atoms with Crippen molar-refractivity contribution >= 4 is 49.0 Å². The van der Waals surface area contributed by atoms with Gasteiger partial charge in [-0.2, -0.15) is 0 Å². The van der Waals surface area contributed by atoms with E-state index in [-0.39, 0.29) is 28.5 Å². The number of aromatic amines is 1. The number of benzene rings is 2. The maximum Gasteiger partial charge on any atom is 0.472 e. The minimum atomic E-state index is -5.25. The van der Waals surface area contributed by atoms with Crippen molar-refractivity contribution in [3.05, 3.63) is 105 Å². The lowest BCUT2D eigenvalue weighted by atomic mass is 10.1. The third kappa shape index (κ3) is 12.4. The van der Waals surface area contributed by atoms with Gasteiger partial charge in [-0.15, -0.1) is 0 Å². The van der Waals surface area contributed by atoms with Crippen LogP contribution in [0, 0.1) is 0 Å². The predicted octanol–water partition coefficient (Wildman–Crippen LogP) is 7.13. The average molecular weight is 1020 g/mol. The van der Waals surface area contributed by atoms with Crippen molar-refractivity contribution in [3.8, 4) is 11.5 Å². The molecule has 2 aromatic carbocycles. The van der Waals surface area contributed by atoms with Crippen LogP contribution in [0.25, 0.3) is 11.2 Å². The van der Waals surface area contributed by atoms with Crippen LogP contribution in [0.5, 0.6) is 11.5 Å². The Balaban J connectivity index is 0.956. The van der Waals surface area contributed by atoms with Gasteiger partial charge in [0.15, 0.2) is 36.3 Å². The molecule has 26 heteroatoms. The van der Waals surface area contributed by atoms with Crippen LogP contribution in [0.15, 0.2) is 83.0 Å². The van der Waals surface area contributed by atoms with Crippen LogP contribution in [0.4, 0.5) is 14.6 Å². The van der Waals surface area contributed by atoms with Crippen LogP contribution in [-0.4, -0.2) is 96.5 Å². The van der Waals surface area contributed by atoms with Gasteiger partial charge < -0.3 is 29.6 Å². The number of fused-ring (bicyclic) bond motifs is 3. The zero-order valence-electron chi connectivity index (χ0n) is 37.2. The van der Waals surface area contributed by atoms with Crippen molar-refractivity contribution < 1.29 is 64.6 Å². The number of esters is 1.